The van der Waals surface area contributed by atoms with Crippen LogP contribution in [0.4, 0.5) is 0 Å². The van der Waals surface area contributed by atoms with E-state index in [1.165, 1.54) is 19.6 Å². The molecule has 1 unspecified atom stereocenters. The number of rotatable bonds is 6. The maximum Gasteiger partial charge on any atom is 0.275 e. The molecule has 2 aromatic rings. The zero-order valence-corrected chi connectivity index (χ0v) is 15.1. The van der Waals surface area contributed by atoms with Gasteiger partial charge in [0.25, 0.3) is 17.7 Å². The molecule has 1 heterocycles. The summed E-state index contributed by atoms with van der Waals surface area (Å²) in [5.41, 5.74) is 3.30. The molecule has 0 bridgehead atoms. The third-order valence-corrected chi connectivity index (χ3v) is 3.97. The Morgan fingerprint density at radius 1 is 1.11 bits per heavy atom. The Bertz CT molecular complexity index is 822. The van der Waals surface area contributed by atoms with Gasteiger partial charge in [0.05, 0.1) is 13.3 Å². The first-order valence-electron chi connectivity index (χ1n) is 7.95. The van der Waals surface area contributed by atoms with Gasteiger partial charge in [-0.1, -0.05) is 12.1 Å². The average molecular weight is 372 g/mol. The van der Waals surface area contributed by atoms with Gasteiger partial charge in [0.15, 0.2) is 6.04 Å². The molecule has 0 spiro atoms. The normalized spacial score (nSPS) is 11.3. The van der Waals surface area contributed by atoms with Crippen LogP contribution in [0.15, 0.2) is 42.7 Å². The predicted molar refractivity (Wildman–Crippen MR) is 96.1 cm³/mol. The third-order valence-electron chi connectivity index (χ3n) is 3.97. The second kappa shape index (κ2) is 8.77. The molecule has 27 heavy (non-hydrogen) atoms. The van der Waals surface area contributed by atoms with E-state index in [9.17, 15) is 14.4 Å². The molecule has 142 valence electrons. The zero-order valence-electron chi connectivity index (χ0n) is 15.1. The Morgan fingerprint density at radius 2 is 1.78 bits per heavy atom. The highest BCUT2D eigenvalue weighted by Crippen LogP contribution is 2.23. The fourth-order valence-electron chi connectivity index (χ4n) is 2.48. The van der Waals surface area contributed by atoms with Crippen LogP contribution in [-0.4, -0.2) is 60.1 Å². The lowest BCUT2D eigenvalue weighted by Gasteiger charge is -2.25. The number of hydrogen-bond acceptors (Lipinski definition) is 6. The number of likely N-dealkylation sites (N-methyl/N-ethyl adjacent to an activating group) is 2. The Kier molecular flexibility index (Phi) is 6.45. The highest BCUT2D eigenvalue weighted by molar-refractivity contribution is 6.08. The summed E-state index contributed by atoms with van der Waals surface area (Å²) in [6.07, 6.45) is 3.25. The van der Waals surface area contributed by atoms with Crippen LogP contribution < -0.4 is 15.5 Å². The molecule has 2 rings (SSSR count). The van der Waals surface area contributed by atoms with Crippen molar-refractivity contribution >= 4 is 17.7 Å². The van der Waals surface area contributed by atoms with Gasteiger partial charge in [0, 0.05) is 31.4 Å². The van der Waals surface area contributed by atoms with E-state index in [1.54, 1.807) is 43.8 Å². The molecule has 1 atom stereocenters. The lowest BCUT2D eigenvalue weighted by Crippen LogP contribution is -2.54. The van der Waals surface area contributed by atoms with E-state index in [-0.39, 0.29) is 5.56 Å². The Morgan fingerprint density at radius 3 is 2.33 bits per heavy atom. The number of amides is 3. The zero-order chi connectivity index (χ0) is 20.0. The van der Waals surface area contributed by atoms with Gasteiger partial charge in [0.2, 0.25) is 0 Å². The van der Waals surface area contributed by atoms with Crippen molar-refractivity contribution in [2.24, 2.45) is 0 Å². The number of benzene rings is 1. The molecule has 0 aliphatic rings. The minimum Gasteiger partial charge on any atom is -0.495 e. The molecule has 1 aromatic carbocycles. The molecule has 9 heteroatoms. The highest BCUT2D eigenvalue weighted by atomic mass is 16.5. The van der Waals surface area contributed by atoms with Gasteiger partial charge in [0.1, 0.15) is 5.75 Å². The number of hydroxylamine groups is 1. The van der Waals surface area contributed by atoms with Crippen LogP contribution in [0.25, 0.3) is 11.1 Å². The molecule has 0 fully saturated rings. The number of nitrogens with zero attached hydrogens (tertiary/aromatic N) is 2. The van der Waals surface area contributed by atoms with Crippen molar-refractivity contribution in [3.05, 3.63) is 48.3 Å². The van der Waals surface area contributed by atoms with Crippen LogP contribution in [0.3, 0.4) is 0 Å². The van der Waals surface area contributed by atoms with Gasteiger partial charge in [-0.3, -0.25) is 24.6 Å². The van der Waals surface area contributed by atoms with Crippen molar-refractivity contribution in [2.75, 3.05) is 21.2 Å². The summed E-state index contributed by atoms with van der Waals surface area (Å²) in [7, 11) is 4.18. The maximum absolute atomic E-state index is 12.6. The Hall–Kier alpha value is -3.46. The second-order valence-electron chi connectivity index (χ2n) is 5.60. The van der Waals surface area contributed by atoms with Crippen LogP contribution in [0, 0.1) is 0 Å². The third kappa shape index (κ3) is 4.39. The standard InChI is InChI=1S/C18H20N4O5/c1-19-16(23)15(17(24)21-26)22(2)18(25)12-6-4-11(5-7-12)13-8-14(27-3)10-20-9-13/h4-10,15,26H,1-3H3,(H,19,23)(H,21,24). The molecule has 0 saturated heterocycles. The lowest BCUT2D eigenvalue weighted by atomic mass is 10.0. The smallest absolute Gasteiger partial charge is 0.275 e. The van der Waals surface area contributed by atoms with Gasteiger partial charge in [-0.05, 0) is 23.8 Å². The maximum atomic E-state index is 12.6. The van der Waals surface area contributed by atoms with E-state index in [0.717, 1.165) is 16.0 Å². The van der Waals surface area contributed by atoms with Gasteiger partial charge in [-0.25, -0.2) is 5.48 Å². The van der Waals surface area contributed by atoms with Crippen LogP contribution >= 0.6 is 0 Å². The molecule has 3 N–H and O–H groups in total. The van der Waals surface area contributed by atoms with E-state index in [2.05, 4.69) is 10.3 Å². The van der Waals surface area contributed by atoms with Gasteiger partial charge in [-0.15, -0.1) is 0 Å². The first-order valence-corrected chi connectivity index (χ1v) is 7.95. The quantitative estimate of drug-likeness (QED) is 0.385. The lowest BCUT2D eigenvalue weighted by molar-refractivity contribution is -0.140. The van der Waals surface area contributed by atoms with Crippen LogP contribution in [0.1, 0.15) is 10.4 Å². The van der Waals surface area contributed by atoms with Crippen LogP contribution in [-0.2, 0) is 9.59 Å². The number of carbonyl (C=O) groups excluding carboxylic acids is 3. The highest BCUT2D eigenvalue weighted by Gasteiger charge is 2.33. The van der Waals surface area contributed by atoms with Crippen LogP contribution in [0.2, 0.25) is 0 Å². The number of aromatic nitrogens is 1. The fraction of sp³-hybridized carbons (Fsp3) is 0.222. The first-order chi connectivity index (χ1) is 12.9. The summed E-state index contributed by atoms with van der Waals surface area (Å²) >= 11 is 0. The van der Waals surface area contributed by atoms with Gasteiger partial charge >= 0.3 is 0 Å². The summed E-state index contributed by atoms with van der Waals surface area (Å²) < 4.78 is 5.14. The second-order valence-corrected chi connectivity index (χ2v) is 5.60. The van der Waals surface area contributed by atoms with Gasteiger partial charge < -0.3 is 15.0 Å². The van der Waals surface area contributed by atoms with E-state index in [0.29, 0.717) is 5.75 Å². The van der Waals surface area contributed by atoms with Crippen LogP contribution in [0.5, 0.6) is 5.75 Å². The minimum absolute atomic E-state index is 0.275. The number of ether oxygens (including phenoxy) is 1. The summed E-state index contributed by atoms with van der Waals surface area (Å²) in [6, 6.07) is 6.89. The van der Waals surface area contributed by atoms with E-state index < -0.39 is 23.8 Å². The molecule has 0 saturated carbocycles. The molecule has 0 aliphatic heterocycles. The van der Waals surface area contributed by atoms with Crippen molar-refractivity contribution in [3.63, 3.8) is 0 Å². The summed E-state index contributed by atoms with van der Waals surface area (Å²) in [5.74, 6) is -1.68. The molecule has 0 aliphatic carbocycles. The van der Waals surface area contributed by atoms with E-state index >= 15 is 0 Å². The SMILES string of the molecule is CNC(=O)C(C(=O)NO)N(C)C(=O)c1ccc(-c2cncc(OC)c2)cc1. The molecular formula is C18H20N4O5. The number of methoxy groups -OCH3 is 1. The van der Waals surface area contributed by atoms with Crippen molar-refractivity contribution < 1.29 is 24.3 Å². The molecule has 3 amide bonds. The topological polar surface area (TPSA) is 121 Å². The van der Waals surface area contributed by atoms with Crippen molar-refractivity contribution in [3.8, 4) is 16.9 Å². The van der Waals surface area contributed by atoms with Gasteiger partial charge in [-0.2, -0.15) is 0 Å². The molecule has 9 nitrogen and oxygen atoms in total. The minimum atomic E-state index is -1.50. The first kappa shape index (κ1) is 19.9. The fourth-order valence-corrected chi connectivity index (χ4v) is 2.48. The number of pyridine rings is 1. The van der Waals surface area contributed by atoms with Crippen molar-refractivity contribution in [1.29, 1.82) is 0 Å². The molecular weight excluding hydrogens is 352 g/mol. The monoisotopic (exact) mass is 372 g/mol. The summed E-state index contributed by atoms with van der Waals surface area (Å²) in [6.45, 7) is 0. The average Bonchev–Trinajstić information content (AvgIpc) is 2.72. The summed E-state index contributed by atoms with van der Waals surface area (Å²) in [4.78, 5) is 41.3. The Labute approximate surface area is 155 Å². The number of nitrogens with one attached hydrogen (secondary N) is 2. The predicted octanol–water partition coefficient (Wildman–Crippen LogP) is 0.449. The largest absolute Gasteiger partial charge is 0.495 e. The van der Waals surface area contributed by atoms with Crippen molar-refractivity contribution in [1.82, 2.24) is 20.7 Å². The summed E-state index contributed by atoms with van der Waals surface area (Å²) in [5, 5.41) is 11.1. The number of hydrogen-bond donors (Lipinski definition) is 3. The Balaban J connectivity index is 2.25. The van der Waals surface area contributed by atoms with Crippen molar-refractivity contribution in [2.45, 2.75) is 6.04 Å². The number of carbonyl (C=O) groups is 3. The van der Waals surface area contributed by atoms with E-state index in [4.69, 9.17) is 9.94 Å². The molecule has 0 radical (unpaired) electrons. The van der Waals surface area contributed by atoms with E-state index in [1.807, 2.05) is 6.07 Å². The molecule has 1 aromatic heterocycles.